The van der Waals surface area contributed by atoms with E-state index in [1.54, 1.807) is 6.07 Å². The molecule has 0 radical (unpaired) electrons. The van der Waals surface area contributed by atoms with Crippen LogP contribution in [-0.2, 0) is 0 Å². The monoisotopic (exact) mass is 320 g/mol. The van der Waals surface area contributed by atoms with Crippen molar-refractivity contribution in [3.05, 3.63) is 17.6 Å². The van der Waals surface area contributed by atoms with Crippen molar-refractivity contribution in [1.29, 1.82) is 5.26 Å². The van der Waals surface area contributed by atoms with Gasteiger partial charge in [-0.1, -0.05) is 0 Å². The zero-order valence-corrected chi connectivity index (χ0v) is 13.0. The van der Waals surface area contributed by atoms with E-state index < -0.39 is 5.95 Å². The van der Waals surface area contributed by atoms with Gasteiger partial charge < -0.3 is 20.1 Å². The lowest BCUT2D eigenvalue weighted by atomic mass is 10.2. The molecule has 2 aliphatic rings. The predicted octanol–water partition coefficient (Wildman–Crippen LogP) is 1.35. The van der Waals surface area contributed by atoms with Crippen LogP contribution in [0.25, 0.3) is 0 Å². The van der Waals surface area contributed by atoms with Crippen molar-refractivity contribution in [2.45, 2.75) is 37.8 Å². The first kappa shape index (κ1) is 16.0. The first-order chi connectivity index (χ1) is 11.3. The molecule has 0 saturated carbocycles. The Kier molecular flexibility index (Phi) is 5.26. The molecule has 2 aliphatic heterocycles. The van der Waals surface area contributed by atoms with Crippen molar-refractivity contribution in [1.82, 2.24) is 15.6 Å². The summed E-state index contributed by atoms with van der Waals surface area (Å²) in [4.78, 5) is 3.77. The Balaban J connectivity index is 1.69. The number of rotatable bonds is 6. The van der Waals surface area contributed by atoms with E-state index >= 15 is 0 Å². The Morgan fingerprint density at radius 1 is 1.17 bits per heavy atom. The molecule has 0 spiro atoms. The standard InChI is InChI=1S/C16H21FN4O2/c17-15-11(8-18)7-14(22-9-12-3-1-5-19-12)16(21-15)23-10-13-4-2-6-20-13/h7,12-13,19-20H,1-6,9-10H2/t12-,13-/m1/s1. The topological polar surface area (TPSA) is 79.2 Å². The first-order valence-corrected chi connectivity index (χ1v) is 8.09. The van der Waals surface area contributed by atoms with Gasteiger partial charge in [-0.25, -0.2) is 0 Å². The first-order valence-electron chi connectivity index (χ1n) is 8.09. The highest BCUT2D eigenvalue weighted by Crippen LogP contribution is 2.28. The summed E-state index contributed by atoms with van der Waals surface area (Å²) in [6, 6.07) is 3.68. The van der Waals surface area contributed by atoms with E-state index in [1.165, 1.54) is 6.07 Å². The van der Waals surface area contributed by atoms with Crippen LogP contribution in [0.3, 0.4) is 0 Å². The Bertz CT molecular complexity index is 578. The molecular weight excluding hydrogens is 299 g/mol. The molecule has 23 heavy (non-hydrogen) atoms. The average Bonchev–Trinajstić information content (AvgIpc) is 3.25. The van der Waals surface area contributed by atoms with E-state index in [0.29, 0.717) is 19.0 Å². The van der Waals surface area contributed by atoms with Gasteiger partial charge in [0.1, 0.15) is 24.8 Å². The maximum Gasteiger partial charge on any atom is 0.259 e. The SMILES string of the molecule is N#Cc1cc(OC[C@H]2CCCN2)c(OC[C@H]2CCCN2)nc1F. The number of nitrogens with one attached hydrogen (secondary N) is 2. The molecule has 2 fully saturated rings. The summed E-state index contributed by atoms with van der Waals surface area (Å²) in [7, 11) is 0. The largest absolute Gasteiger partial charge is 0.486 e. The number of ether oxygens (including phenoxy) is 2. The van der Waals surface area contributed by atoms with Crippen molar-refractivity contribution >= 4 is 0 Å². The van der Waals surface area contributed by atoms with Crippen molar-refractivity contribution < 1.29 is 13.9 Å². The molecule has 3 rings (SSSR count). The molecule has 0 amide bonds. The van der Waals surface area contributed by atoms with Gasteiger partial charge in [0.2, 0.25) is 5.95 Å². The van der Waals surface area contributed by atoms with Crippen molar-refractivity contribution in [2.75, 3.05) is 26.3 Å². The summed E-state index contributed by atoms with van der Waals surface area (Å²) < 4.78 is 25.2. The van der Waals surface area contributed by atoms with E-state index in [1.807, 2.05) is 0 Å². The zero-order valence-electron chi connectivity index (χ0n) is 13.0. The molecule has 2 N–H and O–H groups in total. The number of pyridine rings is 1. The minimum absolute atomic E-state index is 0.119. The molecule has 6 nitrogen and oxygen atoms in total. The molecule has 124 valence electrons. The van der Waals surface area contributed by atoms with Gasteiger partial charge in [0.15, 0.2) is 5.75 Å². The zero-order chi connectivity index (χ0) is 16.1. The lowest BCUT2D eigenvalue weighted by molar-refractivity contribution is 0.225. The number of nitriles is 1. The lowest BCUT2D eigenvalue weighted by Gasteiger charge is -2.17. The fourth-order valence-corrected chi connectivity index (χ4v) is 2.91. The highest BCUT2D eigenvalue weighted by molar-refractivity contribution is 5.42. The molecule has 0 bridgehead atoms. The molecule has 0 aliphatic carbocycles. The lowest BCUT2D eigenvalue weighted by Crippen LogP contribution is -2.29. The van der Waals surface area contributed by atoms with Gasteiger partial charge in [0, 0.05) is 18.2 Å². The maximum absolute atomic E-state index is 13.8. The number of aromatic nitrogens is 1. The minimum atomic E-state index is -0.826. The van der Waals surface area contributed by atoms with Crippen molar-refractivity contribution in [3.63, 3.8) is 0 Å². The summed E-state index contributed by atoms with van der Waals surface area (Å²) >= 11 is 0. The molecule has 0 unspecified atom stereocenters. The second-order valence-corrected chi connectivity index (χ2v) is 5.95. The number of hydrogen-bond acceptors (Lipinski definition) is 6. The summed E-state index contributed by atoms with van der Waals surface area (Å²) in [6.45, 7) is 2.82. The smallest absolute Gasteiger partial charge is 0.259 e. The molecule has 3 heterocycles. The van der Waals surface area contributed by atoms with Crippen LogP contribution in [0.4, 0.5) is 4.39 Å². The van der Waals surface area contributed by atoms with Gasteiger partial charge >= 0.3 is 0 Å². The maximum atomic E-state index is 13.8. The van der Waals surface area contributed by atoms with Crippen LogP contribution in [0.15, 0.2) is 6.07 Å². The average molecular weight is 320 g/mol. The molecule has 7 heteroatoms. The summed E-state index contributed by atoms with van der Waals surface area (Å²) in [5.74, 6) is -0.379. The van der Waals surface area contributed by atoms with Gasteiger partial charge in [0.05, 0.1) is 0 Å². The minimum Gasteiger partial charge on any atom is -0.486 e. The molecule has 1 aromatic heterocycles. The Labute approximate surface area is 135 Å². The molecule has 2 atom stereocenters. The Hall–Kier alpha value is -1.91. The van der Waals surface area contributed by atoms with Gasteiger partial charge in [-0.15, -0.1) is 0 Å². The number of hydrogen-bond donors (Lipinski definition) is 2. The van der Waals surface area contributed by atoms with Gasteiger partial charge in [-0.3, -0.25) is 0 Å². The number of nitrogens with zero attached hydrogens (tertiary/aromatic N) is 2. The van der Waals surface area contributed by atoms with Crippen LogP contribution in [0.5, 0.6) is 11.6 Å². The van der Waals surface area contributed by atoms with Gasteiger partial charge in [-0.2, -0.15) is 14.6 Å². The number of halogens is 1. The van der Waals surface area contributed by atoms with E-state index in [2.05, 4.69) is 15.6 Å². The summed E-state index contributed by atoms with van der Waals surface area (Å²) in [5, 5.41) is 15.6. The van der Waals surface area contributed by atoms with E-state index in [4.69, 9.17) is 14.7 Å². The van der Waals surface area contributed by atoms with Crippen LogP contribution in [0.1, 0.15) is 31.2 Å². The van der Waals surface area contributed by atoms with Crippen LogP contribution in [-0.4, -0.2) is 43.4 Å². The van der Waals surface area contributed by atoms with Gasteiger partial charge in [0.25, 0.3) is 5.88 Å². The predicted molar refractivity (Wildman–Crippen MR) is 81.9 cm³/mol. The second kappa shape index (κ2) is 7.57. The van der Waals surface area contributed by atoms with E-state index in [0.717, 1.165) is 38.8 Å². The Morgan fingerprint density at radius 3 is 2.39 bits per heavy atom. The fourth-order valence-electron chi connectivity index (χ4n) is 2.91. The second-order valence-electron chi connectivity index (χ2n) is 5.95. The highest BCUT2D eigenvalue weighted by Gasteiger charge is 2.20. The third-order valence-electron chi connectivity index (χ3n) is 4.21. The summed E-state index contributed by atoms with van der Waals surface area (Å²) in [6.07, 6.45) is 4.30. The van der Waals surface area contributed by atoms with E-state index in [-0.39, 0.29) is 23.5 Å². The fraction of sp³-hybridized carbons (Fsp3) is 0.625. The molecule has 1 aromatic rings. The van der Waals surface area contributed by atoms with Crippen LogP contribution in [0, 0.1) is 17.3 Å². The van der Waals surface area contributed by atoms with Gasteiger partial charge in [-0.05, 0) is 38.8 Å². The Morgan fingerprint density at radius 2 is 1.83 bits per heavy atom. The molecule has 0 aromatic carbocycles. The third-order valence-corrected chi connectivity index (χ3v) is 4.21. The summed E-state index contributed by atoms with van der Waals surface area (Å²) in [5.41, 5.74) is -0.134. The van der Waals surface area contributed by atoms with E-state index in [9.17, 15) is 4.39 Å². The van der Waals surface area contributed by atoms with Crippen LogP contribution < -0.4 is 20.1 Å². The van der Waals surface area contributed by atoms with Crippen LogP contribution in [0.2, 0.25) is 0 Å². The van der Waals surface area contributed by atoms with Crippen LogP contribution >= 0.6 is 0 Å². The molecular formula is C16H21FN4O2. The quantitative estimate of drug-likeness (QED) is 0.771. The normalized spacial score (nSPS) is 23.7. The highest BCUT2D eigenvalue weighted by atomic mass is 19.1. The van der Waals surface area contributed by atoms with Crippen molar-refractivity contribution in [3.8, 4) is 17.7 Å². The third kappa shape index (κ3) is 4.09. The van der Waals surface area contributed by atoms with Crippen molar-refractivity contribution in [2.24, 2.45) is 0 Å². The molecule has 2 saturated heterocycles.